The van der Waals surface area contributed by atoms with Crippen LogP contribution in [0.2, 0.25) is 0 Å². The fourth-order valence-corrected chi connectivity index (χ4v) is 2.91. The molecule has 0 aliphatic carbocycles. The fraction of sp³-hybridized carbons (Fsp3) is 0.267. The SMILES string of the molecule is COC(=O)c1cnc(Br)n1CC(C)=O.Cc1cn2c(Br)ncc2c(=O)[nH]1. The summed E-state index contributed by atoms with van der Waals surface area (Å²) >= 11 is 6.37. The lowest BCUT2D eigenvalue weighted by Gasteiger charge is -2.04. The maximum atomic E-state index is 11.3. The number of methoxy groups -OCH3 is 1. The summed E-state index contributed by atoms with van der Waals surface area (Å²) in [7, 11) is 1.28. The molecule has 0 fully saturated rings. The number of fused-ring (bicyclic) bond motifs is 1. The minimum absolute atomic E-state index is 0.0612. The van der Waals surface area contributed by atoms with E-state index in [0.29, 0.717) is 15.0 Å². The standard InChI is InChI=1S/C8H9BrN2O3.C7H6BrN3O/c1-5(12)4-11-6(7(13)14-2)3-10-8(11)9;1-4-3-11-5(6(12)10-4)2-9-7(11)8/h3H,4H2,1-2H3;2-3H,1H3,(H,10,12). The van der Waals surface area contributed by atoms with Gasteiger partial charge in [0.15, 0.2) is 9.47 Å². The number of aryl methyl sites for hydroxylation is 1. The van der Waals surface area contributed by atoms with E-state index in [1.807, 2.05) is 13.1 Å². The molecule has 9 nitrogen and oxygen atoms in total. The number of carbonyl (C=O) groups is 2. The number of halogens is 2. The van der Waals surface area contributed by atoms with Crippen molar-refractivity contribution in [3.63, 3.8) is 0 Å². The highest BCUT2D eigenvalue weighted by Gasteiger charge is 2.16. The molecule has 0 saturated heterocycles. The largest absolute Gasteiger partial charge is 0.464 e. The van der Waals surface area contributed by atoms with E-state index in [2.05, 4.69) is 51.5 Å². The van der Waals surface area contributed by atoms with Crippen LogP contribution in [-0.2, 0) is 16.1 Å². The van der Waals surface area contributed by atoms with E-state index in [1.165, 1.54) is 31.0 Å². The Kier molecular flexibility index (Phi) is 6.48. The second-order valence-electron chi connectivity index (χ2n) is 5.24. The van der Waals surface area contributed by atoms with Crippen molar-refractivity contribution in [1.82, 2.24) is 23.9 Å². The molecule has 3 heterocycles. The molecule has 0 amide bonds. The van der Waals surface area contributed by atoms with Crippen molar-refractivity contribution < 1.29 is 14.3 Å². The lowest BCUT2D eigenvalue weighted by Crippen LogP contribution is -2.14. The van der Waals surface area contributed by atoms with E-state index in [1.54, 1.807) is 4.40 Å². The van der Waals surface area contributed by atoms with Gasteiger partial charge in [0.05, 0.1) is 26.0 Å². The molecule has 0 radical (unpaired) electrons. The lowest BCUT2D eigenvalue weighted by atomic mass is 10.4. The highest BCUT2D eigenvalue weighted by atomic mass is 79.9. The van der Waals surface area contributed by atoms with Crippen molar-refractivity contribution in [2.45, 2.75) is 20.4 Å². The lowest BCUT2D eigenvalue weighted by molar-refractivity contribution is -0.117. The Morgan fingerprint density at radius 3 is 2.50 bits per heavy atom. The van der Waals surface area contributed by atoms with E-state index < -0.39 is 5.97 Å². The van der Waals surface area contributed by atoms with Gasteiger partial charge in [0, 0.05) is 11.9 Å². The van der Waals surface area contributed by atoms with Crippen LogP contribution in [0.5, 0.6) is 0 Å². The van der Waals surface area contributed by atoms with Gasteiger partial charge in [-0.3, -0.25) is 14.0 Å². The molecular formula is C15H15Br2N5O4. The smallest absolute Gasteiger partial charge is 0.356 e. The zero-order valence-corrected chi connectivity index (χ0v) is 17.3. The molecule has 0 unspecified atom stereocenters. The summed E-state index contributed by atoms with van der Waals surface area (Å²) in [4.78, 5) is 43.9. The first-order valence-corrected chi connectivity index (χ1v) is 8.84. The average molecular weight is 489 g/mol. The van der Waals surface area contributed by atoms with Gasteiger partial charge in [-0.1, -0.05) is 0 Å². The summed E-state index contributed by atoms with van der Waals surface area (Å²) in [5.74, 6) is -0.571. The maximum Gasteiger partial charge on any atom is 0.356 e. The Morgan fingerprint density at radius 1 is 1.23 bits per heavy atom. The molecule has 0 atom stereocenters. The molecule has 3 aromatic rings. The summed E-state index contributed by atoms with van der Waals surface area (Å²) in [6.07, 6.45) is 4.70. The molecule has 0 bridgehead atoms. The third-order valence-electron chi connectivity index (χ3n) is 3.20. The van der Waals surface area contributed by atoms with Crippen molar-refractivity contribution in [3.05, 3.63) is 49.8 Å². The molecule has 3 rings (SSSR count). The minimum Gasteiger partial charge on any atom is -0.464 e. The number of rotatable bonds is 3. The third-order valence-corrected chi connectivity index (χ3v) is 4.42. The minimum atomic E-state index is -0.510. The second-order valence-corrected chi connectivity index (χ2v) is 6.66. The van der Waals surface area contributed by atoms with E-state index in [0.717, 1.165) is 5.69 Å². The molecule has 11 heteroatoms. The van der Waals surface area contributed by atoms with Crippen molar-refractivity contribution in [3.8, 4) is 0 Å². The summed E-state index contributed by atoms with van der Waals surface area (Å²) in [5.41, 5.74) is 1.50. The molecule has 138 valence electrons. The van der Waals surface area contributed by atoms with Crippen LogP contribution in [0.1, 0.15) is 23.1 Å². The van der Waals surface area contributed by atoms with Crippen LogP contribution in [0.25, 0.3) is 5.52 Å². The van der Waals surface area contributed by atoms with E-state index in [9.17, 15) is 14.4 Å². The van der Waals surface area contributed by atoms with Crippen LogP contribution in [-0.4, -0.2) is 42.8 Å². The maximum absolute atomic E-state index is 11.3. The number of imidazole rings is 2. The number of Topliss-reactive ketones (excluding diaryl/α,β-unsaturated/α-hetero) is 1. The van der Waals surface area contributed by atoms with Gasteiger partial charge in [0.25, 0.3) is 5.56 Å². The Bertz CT molecular complexity index is 1020. The molecule has 1 N–H and O–H groups in total. The highest BCUT2D eigenvalue weighted by molar-refractivity contribution is 9.10. The quantitative estimate of drug-likeness (QED) is 0.565. The predicted molar refractivity (Wildman–Crippen MR) is 100 cm³/mol. The number of hydrogen-bond donors (Lipinski definition) is 1. The van der Waals surface area contributed by atoms with Crippen molar-refractivity contribution in [2.24, 2.45) is 0 Å². The summed E-state index contributed by atoms with van der Waals surface area (Å²) < 4.78 is 8.78. The van der Waals surface area contributed by atoms with Gasteiger partial charge in [0.1, 0.15) is 17.0 Å². The number of nitrogens with zero attached hydrogens (tertiary/aromatic N) is 4. The van der Waals surface area contributed by atoms with Gasteiger partial charge in [-0.2, -0.15) is 0 Å². The van der Waals surface area contributed by atoms with Gasteiger partial charge < -0.3 is 14.3 Å². The fourth-order valence-electron chi connectivity index (χ4n) is 2.09. The Hall–Kier alpha value is -2.27. The number of hydrogen-bond acceptors (Lipinski definition) is 6. The van der Waals surface area contributed by atoms with Crippen LogP contribution in [0.4, 0.5) is 0 Å². The molecule has 0 saturated carbocycles. The first-order chi connectivity index (χ1) is 12.2. The molecule has 0 aromatic carbocycles. The van der Waals surface area contributed by atoms with Crippen LogP contribution in [0.3, 0.4) is 0 Å². The number of ketones is 1. The van der Waals surface area contributed by atoms with Crippen LogP contribution in [0, 0.1) is 6.92 Å². The van der Waals surface area contributed by atoms with Crippen LogP contribution >= 0.6 is 31.9 Å². The van der Waals surface area contributed by atoms with Gasteiger partial charge in [-0.25, -0.2) is 14.8 Å². The third kappa shape index (κ3) is 4.47. The topological polar surface area (TPSA) is 111 Å². The Balaban J connectivity index is 0.000000189. The summed E-state index contributed by atoms with van der Waals surface area (Å²) in [5, 5.41) is 0. The second kappa shape index (κ2) is 8.41. The van der Waals surface area contributed by atoms with E-state index >= 15 is 0 Å². The first-order valence-electron chi connectivity index (χ1n) is 7.25. The summed E-state index contributed by atoms with van der Waals surface area (Å²) in [6.45, 7) is 3.37. The highest BCUT2D eigenvalue weighted by Crippen LogP contribution is 2.12. The Labute approximate surface area is 164 Å². The molecule has 3 aromatic heterocycles. The molecule has 0 aliphatic rings. The average Bonchev–Trinajstić information content (AvgIpc) is 3.11. The normalized spacial score (nSPS) is 10.3. The number of aromatic amines is 1. The number of esters is 1. The number of H-pyrrole nitrogens is 1. The van der Waals surface area contributed by atoms with Gasteiger partial charge in [-0.15, -0.1) is 0 Å². The number of carbonyl (C=O) groups excluding carboxylic acids is 2. The first kappa shape index (κ1) is 20.0. The predicted octanol–water partition coefficient (Wildman–Crippen LogP) is 2.11. The van der Waals surface area contributed by atoms with E-state index in [4.69, 9.17) is 0 Å². The van der Waals surface area contributed by atoms with Gasteiger partial charge in [-0.05, 0) is 45.7 Å². The van der Waals surface area contributed by atoms with Crippen LogP contribution in [0.15, 0.2) is 32.9 Å². The summed E-state index contributed by atoms with van der Waals surface area (Å²) in [6, 6.07) is 0. The zero-order chi connectivity index (χ0) is 19.4. The monoisotopic (exact) mass is 487 g/mol. The van der Waals surface area contributed by atoms with Crippen molar-refractivity contribution >= 4 is 49.1 Å². The number of aromatic nitrogens is 5. The number of ether oxygens (including phenoxy) is 1. The van der Waals surface area contributed by atoms with Gasteiger partial charge in [0.2, 0.25) is 0 Å². The molecule has 26 heavy (non-hydrogen) atoms. The van der Waals surface area contributed by atoms with Crippen molar-refractivity contribution in [1.29, 1.82) is 0 Å². The molecule has 0 spiro atoms. The number of nitrogens with one attached hydrogen (secondary N) is 1. The molecule has 0 aliphatic heterocycles. The molecular weight excluding hydrogens is 474 g/mol. The zero-order valence-electron chi connectivity index (χ0n) is 14.1. The Morgan fingerprint density at radius 2 is 1.88 bits per heavy atom. The van der Waals surface area contributed by atoms with Crippen molar-refractivity contribution in [2.75, 3.05) is 7.11 Å². The van der Waals surface area contributed by atoms with Gasteiger partial charge >= 0.3 is 5.97 Å². The van der Waals surface area contributed by atoms with E-state index in [-0.39, 0.29) is 23.6 Å². The van der Waals surface area contributed by atoms with Crippen LogP contribution < -0.4 is 5.56 Å².